The first-order valence-corrected chi connectivity index (χ1v) is 5.98. The fraction of sp³-hybridized carbons (Fsp3) is 0.333. The van der Waals surface area contributed by atoms with Crippen LogP contribution in [0.3, 0.4) is 0 Å². The minimum atomic E-state index is -0.549. The van der Waals surface area contributed by atoms with Gasteiger partial charge in [-0.05, 0) is 24.0 Å². The highest BCUT2D eigenvalue weighted by molar-refractivity contribution is 6.01. The van der Waals surface area contributed by atoms with E-state index in [0.29, 0.717) is 0 Å². The van der Waals surface area contributed by atoms with Crippen LogP contribution >= 0.6 is 0 Å². The number of nitrogens with zero attached hydrogens (tertiary/aromatic N) is 1. The standard InChI is InChI=1S/C15H17NO2/c1-4-18-15(17)13(10-16)14(11(2)3)12-8-6-5-7-9-12/h5-9,11H,4H2,1-3H3/b14-13-. The number of nitriles is 1. The largest absolute Gasteiger partial charge is 0.462 e. The van der Waals surface area contributed by atoms with Crippen molar-refractivity contribution in [2.45, 2.75) is 20.8 Å². The summed E-state index contributed by atoms with van der Waals surface area (Å²) in [7, 11) is 0. The number of rotatable bonds is 4. The van der Waals surface area contributed by atoms with Gasteiger partial charge in [0, 0.05) is 0 Å². The molecule has 0 unspecified atom stereocenters. The fourth-order valence-corrected chi connectivity index (χ4v) is 1.80. The van der Waals surface area contributed by atoms with Crippen LogP contribution in [-0.2, 0) is 9.53 Å². The van der Waals surface area contributed by atoms with Crippen molar-refractivity contribution in [1.82, 2.24) is 0 Å². The van der Waals surface area contributed by atoms with Crippen LogP contribution in [0.4, 0.5) is 0 Å². The molecule has 0 radical (unpaired) electrons. The zero-order valence-corrected chi connectivity index (χ0v) is 10.9. The van der Waals surface area contributed by atoms with Gasteiger partial charge in [-0.25, -0.2) is 4.79 Å². The maximum atomic E-state index is 11.8. The molecule has 0 bridgehead atoms. The number of allylic oxidation sites excluding steroid dienone is 1. The summed E-state index contributed by atoms with van der Waals surface area (Å²) in [6, 6.07) is 11.4. The molecule has 0 heterocycles. The Hall–Kier alpha value is -2.08. The lowest BCUT2D eigenvalue weighted by Gasteiger charge is -2.14. The smallest absolute Gasteiger partial charge is 0.349 e. The Bertz CT molecular complexity index is 481. The lowest BCUT2D eigenvalue weighted by atomic mass is 9.91. The maximum Gasteiger partial charge on any atom is 0.349 e. The maximum absolute atomic E-state index is 11.8. The lowest BCUT2D eigenvalue weighted by Crippen LogP contribution is -2.11. The molecule has 1 aromatic rings. The molecule has 0 fully saturated rings. The van der Waals surface area contributed by atoms with Gasteiger partial charge >= 0.3 is 5.97 Å². The summed E-state index contributed by atoms with van der Waals surface area (Å²) >= 11 is 0. The number of esters is 1. The van der Waals surface area contributed by atoms with Crippen molar-refractivity contribution in [1.29, 1.82) is 5.26 Å². The van der Waals surface area contributed by atoms with Crippen LogP contribution in [0.5, 0.6) is 0 Å². The van der Waals surface area contributed by atoms with Gasteiger partial charge in [0.1, 0.15) is 11.6 Å². The summed E-state index contributed by atoms with van der Waals surface area (Å²) in [5.41, 5.74) is 1.71. The number of carbonyl (C=O) groups excluding carboxylic acids is 1. The zero-order chi connectivity index (χ0) is 13.5. The Balaban J connectivity index is 3.33. The lowest BCUT2D eigenvalue weighted by molar-refractivity contribution is -0.137. The first-order valence-electron chi connectivity index (χ1n) is 5.98. The molecule has 3 heteroatoms. The van der Waals surface area contributed by atoms with Gasteiger partial charge in [-0.1, -0.05) is 44.2 Å². The molecular formula is C15H17NO2. The SMILES string of the molecule is CCOC(=O)/C(C#N)=C(\c1ccccc1)C(C)C. The zero-order valence-electron chi connectivity index (χ0n) is 10.9. The van der Waals surface area contributed by atoms with Gasteiger partial charge in [0.15, 0.2) is 0 Å². The third-order valence-corrected chi connectivity index (χ3v) is 2.52. The molecule has 0 saturated carbocycles. The van der Waals surface area contributed by atoms with Gasteiger partial charge in [0.25, 0.3) is 0 Å². The van der Waals surface area contributed by atoms with E-state index < -0.39 is 5.97 Å². The molecule has 0 aliphatic rings. The molecule has 0 aliphatic carbocycles. The summed E-state index contributed by atoms with van der Waals surface area (Å²) in [5.74, 6) is -0.473. The van der Waals surface area contributed by atoms with E-state index in [0.717, 1.165) is 11.1 Å². The van der Waals surface area contributed by atoms with E-state index in [9.17, 15) is 10.1 Å². The van der Waals surface area contributed by atoms with E-state index >= 15 is 0 Å². The van der Waals surface area contributed by atoms with Crippen LogP contribution in [0.1, 0.15) is 26.3 Å². The number of carbonyl (C=O) groups is 1. The highest BCUT2D eigenvalue weighted by atomic mass is 16.5. The van der Waals surface area contributed by atoms with Crippen molar-refractivity contribution in [3.63, 3.8) is 0 Å². The van der Waals surface area contributed by atoms with Gasteiger partial charge in [0.05, 0.1) is 6.61 Å². The molecule has 0 aliphatic heterocycles. The van der Waals surface area contributed by atoms with E-state index in [1.54, 1.807) is 6.92 Å². The summed E-state index contributed by atoms with van der Waals surface area (Å²) in [6.07, 6.45) is 0. The van der Waals surface area contributed by atoms with Crippen LogP contribution in [0.2, 0.25) is 0 Å². The summed E-state index contributed by atoms with van der Waals surface area (Å²) < 4.78 is 4.93. The molecule has 1 rings (SSSR count). The van der Waals surface area contributed by atoms with Gasteiger partial charge in [-0.3, -0.25) is 0 Å². The van der Waals surface area contributed by atoms with Crippen molar-refractivity contribution in [2.24, 2.45) is 5.92 Å². The number of hydrogen-bond acceptors (Lipinski definition) is 3. The minimum absolute atomic E-state index is 0.0754. The van der Waals surface area contributed by atoms with E-state index in [-0.39, 0.29) is 18.1 Å². The Morgan fingerprint density at radius 1 is 1.33 bits per heavy atom. The topological polar surface area (TPSA) is 50.1 Å². The normalized spacial score (nSPS) is 11.7. The fourth-order valence-electron chi connectivity index (χ4n) is 1.80. The number of benzene rings is 1. The molecular weight excluding hydrogens is 226 g/mol. The Labute approximate surface area is 108 Å². The molecule has 0 aromatic heterocycles. The minimum Gasteiger partial charge on any atom is -0.462 e. The van der Waals surface area contributed by atoms with E-state index in [2.05, 4.69) is 0 Å². The second-order valence-electron chi connectivity index (χ2n) is 4.14. The van der Waals surface area contributed by atoms with Gasteiger partial charge < -0.3 is 4.74 Å². The van der Waals surface area contributed by atoms with Gasteiger partial charge in [-0.2, -0.15) is 5.26 Å². The second-order valence-corrected chi connectivity index (χ2v) is 4.14. The molecule has 94 valence electrons. The highest BCUT2D eigenvalue weighted by Gasteiger charge is 2.20. The van der Waals surface area contributed by atoms with Gasteiger partial charge in [-0.15, -0.1) is 0 Å². The van der Waals surface area contributed by atoms with Crippen LogP contribution < -0.4 is 0 Å². The average Bonchev–Trinajstić information content (AvgIpc) is 2.36. The molecule has 0 saturated heterocycles. The third-order valence-electron chi connectivity index (χ3n) is 2.52. The van der Waals surface area contributed by atoms with Crippen molar-refractivity contribution in [2.75, 3.05) is 6.61 Å². The van der Waals surface area contributed by atoms with Crippen molar-refractivity contribution < 1.29 is 9.53 Å². The van der Waals surface area contributed by atoms with E-state index in [4.69, 9.17) is 4.74 Å². The quantitative estimate of drug-likeness (QED) is 0.463. The molecule has 0 N–H and O–H groups in total. The molecule has 0 atom stereocenters. The molecule has 0 spiro atoms. The average molecular weight is 243 g/mol. The first kappa shape index (κ1) is 14.0. The van der Waals surface area contributed by atoms with Crippen LogP contribution in [0.15, 0.2) is 35.9 Å². The Morgan fingerprint density at radius 3 is 2.39 bits per heavy atom. The molecule has 1 aromatic carbocycles. The van der Waals surface area contributed by atoms with E-state index in [1.165, 1.54) is 0 Å². The summed E-state index contributed by atoms with van der Waals surface area (Å²) in [5, 5.41) is 9.19. The van der Waals surface area contributed by atoms with Crippen molar-refractivity contribution in [3.8, 4) is 6.07 Å². The molecule has 3 nitrogen and oxygen atoms in total. The molecule has 0 amide bonds. The van der Waals surface area contributed by atoms with Crippen LogP contribution in [-0.4, -0.2) is 12.6 Å². The van der Waals surface area contributed by atoms with Crippen molar-refractivity contribution >= 4 is 11.5 Å². The van der Waals surface area contributed by atoms with Crippen LogP contribution in [0, 0.1) is 17.2 Å². The Kier molecular flexibility index (Phi) is 5.13. The van der Waals surface area contributed by atoms with Gasteiger partial charge in [0.2, 0.25) is 0 Å². The monoisotopic (exact) mass is 243 g/mol. The number of ether oxygens (including phenoxy) is 1. The van der Waals surface area contributed by atoms with Crippen molar-refractivity contribution in [3.05, 3.63) is 41.5 Å². The molecule has 18 heavy (non-hydrogen) atoms. The van der Waals surface area contributed by atoms with Crippen LogP contribution in [0.25, 0.3) is 5.57 Å². The van der Waals surface area contributed by atoms with E-state index in [1.807, 2.05) is 50.2 Å². The summed E-state index contributed by atoms with van der Waals surface area (Å²) in [4.78, 5) is 11.8. The predicted octanol–water partition coefficient (Wildman–Crippen LogP) is 3.18. The number of hydrogen-bond donors (Lipinski definition) is 0. The predicted molar refractivity (Wildman–Crippen MR) is 70.4 cm³/mol. The third kappa shape index (κ3) is 3.21. The Morgan fingerprint density at radius 2 is 1.94 bits per heavy atom. The second kappa shape index (κ2) is 6.61. The first-order chi connectivity index (χ1) is 8.61. The highest BCUT2D eigenvalue weighted by Crippen LogP contribution is 2.27. The summed E-state index contributed by atoms with van der Waals surface area (Å²) in [6.45, 7) is 5.91.